The summed E-state index contributed by atoms with van der Waals surface area (Å²) in [5.41, 5.74) is 1.48. The second-order valence-electron chi connectivity index (χ2n) is 8.45. The molecule has 2 amide bonds. The fourth-order valence-corrected chi connectivity index (χ4v) is 4.07. The zero-order chi connectivity index (χ0) is 25.8. The van der Waals surface area contributed by atoms with Gasteiger partial charge in [0.2, 0.25) is 0 Å². The molecule has 2 aromatic carbocycles. The Bertz CT molecular complexity index is 1320. The van der Waals surface area contributed by atoms with E-state index < -0.39 is 15.7 Å². The van der Waals surface area contributed by atoms with Gasteiger partial charge >= 0.3 is 0 Å². The van der Waals surface area contributed by atoms with Crippen molar-refractivity contribution < 1.29 is 22.7 Å². The van der Waals surface area contributed by atoms with Crippen LogP contribution >= 0.6 is 0 Å². The monoisotopic (exact) mass is 495 g/mol. The summed E-state index contributed by atoms with van der Waals surface area (Å²) in [4.78, 5) is 32.3. The van der Waals surface area contributed by atoms with E-state index in [0.29, 0.717) is 23.7 Å². The number of aryl methyl sites for hydroxylation is 1. The summed E-state index contributed by atoms with van der Waals surface area (Å²) in [5, 5.41) is 2.74. The number of carbonyl (C=O) groups is 2. The third-order valence-electron chi connectivity index (χ3n) is 5.28. The van der Waals surface area contributed by atoms with Crippen LogP contribution in [0.15, 0.2) is 65.7 Å². The predicted molar refractivity (Wildman–Crippen MR) is 135 cm³/mol. The van der Waals surface area contributed by atoms with Gasteiger partial charge in [-0.1, -0.05) is 6.07 Å². The molecule has 1 heterocycles. The molecule has 0 fully saturated rings. The van der Waals surface area contributed by atoms with E-state index in [0.717, 1.165) is 11.8 Å². The molecule has 1 N–H and O–H groups in total. The van der Waals surface area contributed by atoms with Gasteiger partial charge < -0.3 is 15.0 Å². The van der Waals surface area contributed by atoms with Crippen LogP contribution in [0.25, 0.3) is 0 Å². The van der Waals surface area contributed by atoms with Gasteiger partial charge in [-0.15, -0.1) is 0 Å². The van der Waals surface area contributed by atoms with Crippen LogP contribution in [-0.4, -0.2) is 49.0 Å². The summed E-state index contributed by atoms with van der Waals surface area (Å²) in [7, 11) is -3.35. The van der Waals surface area contributed by atoms with E-state index in [9.17, 15) is 18.0 Å². The number of amides is 2. The summed E-state index contributed by atoms with van der Waals surface area (Å²) < 4.78 is 29.4. The maximum absolute atomic E-state index is 13.2. The minimum Gasteiger partial charge on any atom is -0.457 e. The first-order valence-electron chi connectivity index (χ1n) is 11.2. The molecule has 184 valence electrons. The number of carbonyl (C=O) groups excluding carboxylic acids is 2. The minimum absolute atomic E-state index is 0.0327. The third kappa shape index (κ3) is 6.66. The van der Waals surface area contributed by atoms with Crippen molar-refractivity contribution in [3.05, 3.63) is 77.5 Å². The average molecular weight is 496 g/mol. The molecule has 0 radical (unpaired) electrons. The number of hydrogen-bond acceptors (Lipinski definition) is 6. The highest BCUT2D eigenvalue weighted by Crippen LogP contribution is 2.27. The lowest BCUT2D eigenvalue weighted by molar-refractivity contribution is 0.0716. The molecular weight excluding hydrogens is 466 g/mol. The van der Waals surface area contributed by atoms with Crippen molar-refractivity contribution in [1.82, 2.24) is 9.88 Å². The van der Waals surface area contributed by atoms with Crippen LogP contribution in [0.5, 0.6) is 11.5 Å². The molecule has 1 aromatic heterocycles. The number of anilines is 1. The zero-order valence-corrected chi connectivity index (χ0v) is 21.2. The van der Waals surface area contributed by atoms with Crippen molar-refractivity contribution in [2.24, 2.45) is 0 Å². The third-order valence-corrected chi connectivity index (χ3v) is 6.41. The Balaban J connectivity index is 1.97. The van der Waals surface area contributed by atoms with Crippen molar-refractivity contribution in [2.75, 3.05) is 18.1 Å². The standard InChI is InChI=1S/C26H29N3O5S/c1-6-29(17(2)3)26(31)20-13-19(25(30)28-24-12-7-18(4)16-27-24)14-22(15-20)34-21-8-10-23(11-9-21)35(5,32)33/h7-17H,6H2,1-5H3,(H,27,28,30). The first-order valence-corrected chi connectivity index (χ1v) is 13.0. The number of hydrogen-bond donors (Lipinski definition) is 1. The normalized spacial score (nSPS) is 11.3. The van der Waals surface area contributed by atoms with Crippen LogP contribution in [0.1, 0.15) is 47.1 Å². The van der Waals surface area contributed by atoms with Crippen LogP contribution in [0.2, 0.25) is 0 Å². The Hall–Kier alpha value is -3.72. The summed E-state index contributed by atoms with van der Waals surface area (Å²) in [6.45, 7) is 8.12. The minimum atomic E-state index is -3.35. The maximum Gasteiger partial charge on any atom is 0.256 e. The van der Waals surface area contributed by atoms with Gasteiger partial charge in [0.05, 0.1) is 4.90 Å². The molecule has 0 unspecified atom stereocenters. The molecule has 8 nitrogen and oxygen atoms in total. The van der Waals surface area contributed by atoms with Crippen molar-refractivity contribution in [2.45, 2.75) is 38.6 Å². The molecule has 3 rings (SSSR count). The lowest BCUT2D eigenvalue weighted by atomic mass is 10.1. The lowest BCUT2D eigenvalue weighted by Gasteiger charge is -2.25. The molecule has 0 aliphatic rings. The molecule has 3 aromatic rings. The highest BCUT2D eigenvalue weighted by molar-refractivity contribution is 7.90. The number of nitrogens with one attached hydrogen (secondary N) is 1. The number of sulfone groups is 1. The fourth-order valence-electron chi connectivity index (χ4n) is 3.44. The number of rotatable bonds is 8. The van der Waals surface area contributed by atoms with Gasteiger partial charge in [-0.05, 0) is 81.8 Å². The number of pyridine rings is 1. The molecule has 0 aliphatic heterocycles. The molecule has 9 heteroatoms. The maximum atomic E-state index is 13.2. The Labute approximate surface area is 205 Å². The molecule has 0 spiro atoms. The van der Waals surface area contributed by atoms with E-state index in [-0.39, 0.29) is 28.2 Å². The van der Waals surface area contributed by atoms with Crippen molar-refractivity contribution in [3.63, 3.8) is 0 Å². The molecule has 0 saturated carbocycles. The van der Waals surface area contributed by atoms with Crippen LogP contribution in [0.3, 0.4) is 0 Å². The predicted octanol–water partition coefficient (Wildman–Crippen LogP) is 4.71. The highest BCUT2D eigenvalue weighted by Gasteiger charge is 2.21. The number of benzene rings is 2. The van der Waals surface area contributed by atoms with E-state index in [1.165, 1.54) is 36.4 Å². The average Bonchev–Trinajstić information content (AvgIpc) is 2.80. The van der Waals surface area contributed by atoms with Gasteiger partial charge in [-0.25, -0.2) is 13.4 Å². The van der Waals surface area contributed by atoms with Crippen LogP contribution < -0.4 is 10.1 Å². The van der Waals surface area contributed by atoms with Gasteiger partial charge in [0.1, 0.15) is 17.3 Å². The van der Waals surface area contributed by atoms with Crippen LogP contribution in [-0.2, 0) is 9.84 Å². The Morgan fingerprint density at radius 1 is 1.00 bits per heavy atom. The molecule has 0 atom stereocenters. The number of ether oxygens (including phenoxy) is 1. The molecule has 35 heavy (non-hydrogen) atoms. The zero-order valence-electron chi connectivity index (χ0n) is 20.4. The fraction of sp³-hybridized carbons (Fsp3) is 0.269. The summed E-state index contributed by atoms with van der Waals surface area (Å²) in [5.74, 6) is 0.340. The van der Waals surface area contributed by atoms with Crippen molar-refractivity contribution in [3.8, 4) is 11.5 Å². The van der Waals surface area contributed by atoms with E-state index in [4.69, 9.17) is 4.74 Å². The van der Waals surface area contributed by atoms with Gasteiger partial charge in [-0.3, -0.25) is 9.59 Å². The van der Waals surface area contributed by atoms with E-state index in [1.54, 1.807) is 23.2 Å². The molecular formula is C26H29N3O5S. The van der Waals surface area contributed by atoms with Crippen LogP contribution in [0, 0.1) is 6.92 Å². The van der Waals surface area contributed by atoms with Crippen molar-refractivity contribution >= 4 is 27.5 Å². The first-order chi connectivity index (χ1) is 16.5. The number of nitrogens with zero attached hydrogens (tertiary/aromatic N) is 2. The Morgan fingerprint density at radius 3 is 2.20 bits per heavy atom. The summed E-state index contributed by atoms with van der Waals surface area (Å²) in [6.07, 6.45) is 2.77. The Kier molecular flexibility index (Phi) is 7.91. The first kappa shape index (κ1) is 25.9. The molecule has 0 saturated heterocycles. The van der Waals surface area contributed by atoms with Crippen molar-refractivity contribution in [1.29, 1.82) is 0 Å². The van der Waals surface area contributed by atoms with Gasteiger partial charge in [0.25, 0.3) is 11.8 Å². The van der Waals surface area contributed by atoms with Crippen LogP contribution in [0.4, 0.5) is 5.82 Å². The van der Waals surface area contributed by atoms with Gasteiger partial charge in [0.15, 0.2) is 9.84 Å². The highest BCUT2D eigenvalue weighted by atomic mass is 32.2. The Morgan fingerprint density at radius 2 is 1.66 bits per heavy atom. The quantitative estimate of drug-likeness (QED) is 0.485. The lowest BCUT2D eigenvalue weighted by Crippen LogP contribution is -2.36. The SMILES string of the molecule is CCN(C(=O)c1cc(Oc2ccc(S(C)(=O)=O)cc2)cc(C(=O)Nc2ccc(C)cn2)c1)C(C)C. The molecule has 0 aliphatic carbocycles. The van der Waals surface area contributed by atoms with E-state index >= 15 is 0 Å². The van der Waals surface area contributed by atoms with Gasteiger partial charge in [0, 0.05) is 36.2 Å². The van der Waals surface area contributed by atoms with Gasteiger partial charge in [-0.2, -0.15) is 0 Å². The second-order valence-corrected chi connectivity index (χ2v) is 10.5. The van der Waals surface area contributed by atoms with E-state index in [2.05, 4.69) is 10.3 Å². The van der Waals surface area contributed by atoms with E-state index in [1.807, 2.05) is 33.8 Å². The molecule has 0 bridgehead atoms. The largest absolute Gasteiger partial charge is 0.457 e. The smallest absolute Gasteiger partial charge is 0.256 e. The topological polar surface area (TPSA) is 106 Å². The number of aromatic nitrogens is 1. The summed E-state index contributed by atoms with van der Waals surface area (Å²) in [6, 6.07) is 14.0. The second kappa shape index (κ2) is 10.7. The summed E-state index contributed by atoms with van der Waals surface area (Å²) >= 11 is 0.